The molecule has 1 N–H and O–H groups in total. The second kappa shape index (κ2) is 8.60. The number of aliphatic hydroxyl groups is 1. The molecule has 1 aromatic heterocycles. The van der Waals surface area contributed by atoms with Gasteiger partial charge < -0.3 is 14.6 Å². The lowest BCUT2D eigenvalue weighted by Gasteiger charge is -2.53. The second-order valence-electron chi connectivity index (χ2n) is 8.07. The fourth-order valence-corrected chi connectivity index (χ4v) is 4.94. The molecule has 4 rings (SSSR count). The molecule has 0 spiro atoms. The molecule has 2 bridgehead atoms. The molecule has 1 saturated carbocycles. The average Bonchev–Trinajstić information content (AvgIpc) is 2.71. The van der Waals surface area contributed by atoms with Crippen molar-refractivity contribution >= 4 is 0 Å². The number of rotatable bonds is 7. The Hall–Kier alpha value is -1.95. The molecule has 0 unspecified atom stereocenters. The molecule has 1 aromatic carbocycles. The molecular weight excluding hydrogens is 352 g/mol. The van der Waals surface area contributed by atoms with Crippen LogP contribution in [0.2, 0.25) is 0 Å². The highest BCUT2D eigenvalue weighted by atomic mass is 16.5. The first-order valence-electron chi connectivity index (χ1n) is 10.3. The van der Waals surface area contributed by atoms with Crippen LogP contribution in [-0.2, 0) is 16.9 Å². The maximum Gasteiger partial charge on any atom is 0.119 e. The van der Waals surface area contributed by atoms with Crippen LogP contribution in [0.5, 0.6) is 5.75 Å². The van der Waals surface area contributed by atoms with Gasteiger partial charge in [-0.3, -0.25) is 9.88 Å². The minimum Gasteiger partial charge on any atom is -0.491 e. The van der Waals surface area contributed by atoms with Gasteiger partial charge in [0.15, 0.2) is 0 Å². The minimum atomic E-state index is -0.734. The molecule has 28 heavy (non-hydrogen) atoms. The highest BCUT2D eigenvalue weighted by molar-refractivity contribution is 5.28. The largest absolute Gasteiger partial charge is 0.491 e. The van der Waals surface area contributed by atoms with Crippen molar-refractivity contribution in [2.24, 2.45) is 11.8 Å². The molecule has 1 aliphatic heterocycles. The van der Waals surface area contributed by atoms with Gasteiger partial charge in [0.25, 0.3) is 0 Å². The Morgan fingerprint density at radius 2 is 1.86 bits per heavy atom. The number of benzene rings is 1. The van der Waals surface area contributed by atoms with E-state index in [0.717, 1.165) is 43.8 Å². The molecular formula is C23H30N2O3. The van der Waals surface area contributed by atoms with Gasteiger partial charge >= 0.3 is 0 Å². The van der Waals surface area contributed by atoms with Gasteiger partial charge in [0.1, 0.15) is 12.4 Å². The van der Waals surface area contributed by atoms with Crippen molar-refractivity contribution in [2.45, 2.75) is 31.4 Å². The van der Waals surface area contributed by atoms with E-state index in [-0.39, 0.29) is 11.8 Å². The van der Waals surface area contributed by atoms with Gasteiger partial charge in [0.2, 0.25) is 0 Å². The summed E-state index contributed by atoms with van der Waals surface area (Å²) < 4.78 is 10.7. The van der Waals surface area contributed by atoms with Gasteiger partial charge in [-0.1, -0.05) is 24.6 Å². The zero-order valence-corrected chi connectivity index (χ0v) is 16.6. The molecule has 2 aromatic rings. The van der Waals surface area contributed by atoms with E-state index >= 15 is 0 Å². The molecule has 5 heteroatoms. The summed E-state index contributed by atoms with van der Waals surface area (Å²) in [6, 6.07) is 12.3. The van der Waals surface area contributed by atoms with Crippen LogP contribution >= 0.6 is 0 Å². The second-order valence-corrected chi connectivity index (χ2v) is 8.07. The predicted molar refractivity (Wildman–Crippen MR) is 108 cm³/mol. The number of hydrogen-bond acceptors (Lipinski definition) is 5. The summed E-state index contributed by atoms with van der Waals surface area (Å²) in [6.07, 6.45) is 6.98. The van der Waals surface area contributed by atoms with Crippen LogP contribution in [0, 0.1) is 11.8 Å². The topological polar surface area (TPSA) is 54.8 Å². The van der Waals surface area contributed by atoms with E-state index in [1.807, 2.05) is 30.5 Å². The molecule has 2 fully saturated rings. The summed E-state index contributed by atoms with van der Waals surface area (Å²) >= 11 is 0. The van der Waals surface area contributed by atoms with Gasteiger partial charge in [-0.15, -0.1) is 0 Å². The first kappa shape index (κ1) is 19.4. The fourth-order valence-electron chi connectivity index (χ4n) is 4.94. The third-order valence-corrected chi connectivity index (χ3v) is 6.32. The van der Waals surface area contributed by atoms with Crippen LogP contribution in [0.25, 0.3) is 0 Å². The predicted octanol–water partition coefficient (Wildman–Crippen LogP) is 3.23. The van der Waals surface area contributed by atoms with Crippen LogP contribution in [0.15, 0.2) is 48.8 Å². The van der Waals surface area contributed by atoms with Crippen molar-refractivity contribution in [3.05, 3.63) is 59.9 Å². The number of aromatic nitrogens is 1. The standard InChI is InChI=1S/C23H30N2O3/c1-27-12-13-28-22-9-7-18(8-10-22)15-25-16-20-4-2-5-21(17-25)23(20,26)19-6-3-11-24-14-19/h3,6-11,14,20-21,26H,2,4-5,12-13,15-17H2,1H3/t20-,21-/m0/s1. The van der Waals surface area contributed by atoms with E-state index in [1.54, 1.807) is 13.3 Å². The van der Waals surface area contributed by atoms with E-state index in [9.17, 15) is 5.11 Å². The summed E-state index contributed by atoms with van der Waals surface area (Å²) in [5.74, 6) is 1.41. The molecule has 0 radical (unpaired) electrons. The molecule has 150 valence electrons. The van der Waals surface area contributed by atoms with Gasteiger partial charge in [0, 0.05) is 56.5 Å². The lowest BCUT2D eigenvalue weighted by Crippen LogP contribution is -2.57. The Morgan fingerprint density at radius 3 is 2.50 bits per heavy atom. The summed E-state index contributed by atoms with van der Waals surface area (Å²) in [7, 11) is 1.68. The van der Waals surface area contributed by atoms with Crippen molar-refractivity contribution in [1.82, 2.24) is 9.88 Å². The minimum absolute atomic E-state index is 0.265. The van der Waals surface area contributed by atoms with E-state index in [0.29, 0.717) is 13.2 Å². The molecule has 2 atom stereocenters. The van der Waals surface area contributed by atoms with E-state index in [1.165, 1.54) is 12.0 Å². The van der Waals surface area contributed by atoms with Crippen molar-refractivity contribution in [1.29, 1.82) is 0 Å². The van der Waals surface area contributed by atoms with Crippen LogP contribution < -0.4 is 4.74 Å². The van der Waals surface area contributed by atoms with Gasteiger partial charge in [-0.2, -0.15) is 0 Å². The number of nitrogens with zero attached hydrogens (tertiary/aromatic N) is 2. The van der Waals surface area contributed by atoms with Crippen LogP contribution in [0.1, 0.15) is 30.4 Å². The van der Waals surface area contributed by atoms with Crippen molar-refractivity contribution in [3.63, 3.8) is 0 Å². The Labute approximate surface area is 167 Å². The Kier molecular flexibility index (Phi) is 5.95. The molecule has 5 nitrogen and oxygen atoms in total. The first-order chi connectivity index (χ1) is 13.7. The zero-order chi connectivity index (χ0) is 19.4. The van der Waals surface area contributed by atoms with Gasteiger partial charge in [-0.25, -0.2) is 0 Å². The molecule has 1 saturated heterocycles. The lowest BCUT2D eigenvalue weighted by atomic mass is 9.63. The third-order valence-electron chi connectivity index (χ3n) is 6.32. The van der Waals surface area contributed by atoms with Crippen molar-refractivity contribution in [3.8, 4) is 5.75 Å². The normalized spacial score (nSPS) is 27.5. The summed E-state index contributed by atoms with van der Waals surface area (Å²) in [6.45, 7) is 3.92. The highest BCUT2D eigenvalue weighted by Crippen LogP contribution is 2.49. The molecule has 1 aliphatic carbocycles. The number of likely N-dealkylation sites (tertiary alicyclic amines) is 1. The monoisotopic (exact) mass is 382 g/mol. The molecule has 2 heterocycles. The van der Waals surface area contributed by atoms with E-state index in [2.05, 4.69) is 22.0 Å². The SMILES string of the molecule is COCCOc1ccc(CN2C[C@@H]3CCC[C@@H](C2)C3(O)c2cccnc2)cc1. The molecule has 0 amide bonds. The van der Waals surface area contributed by atoms with Gasteiger partial charge in [0.05, 0.1) is 12.2 Å². The Morgan fingerprint density at radius 1 is 1.11 bits per heavy atom. The number of pyridine rings is 1. The van der Waals surface area contributed by atoms with Crippen LogP contribution in [0.3, 0.4) is 0 Å². The summed E-state index contributed by atoms with van der Waals surface area (Å²) in [5.41, 5.74) is 1.54. The van der Waals surface area contributed by atoms with Gasteiger partial charge in [-0.05, 0) is 36.6 Å². The maximum absolute atomic E-state index is 11.7. The highest BCUT2D eigenvalue weighted by Gasteiger charge is 2.51. The Bertz CT molecular complexity index is 736. The van der Waals surface area contributed by atoms with Crippen molar-refractivity contribution < 1.29 is 14.6 Å². The Balaban J connectivity index is 1.42. The van der Waals surface area contributed by atoms with E-state index < -0.39 is 5.60 Å². The number of methoxy groups -OCH3 is 1. The smallest absolute Gasteiger partial charge is 0.119 e. The third kappa shape index (κ3) is 3.93. The number of piperidine rings is 1. The van der Waals surface area contributed by atoms with Crippen LogP contribution in [-0.4, -0.2) is 48.4 Å². The number of hydrogen-bond donors (Lipinski definition) is 1. The molecule has 2 aliphatic rings. The lowest BCUT2D eigenvalue weighted by molar-refractivity contribution is -0.148. The average molecular weight is 383 g/mol. The number of fused-ring (bicyclic) bond motifs is 2. The summed E-state index contributed by atoms with van der Waals surface area (Å²) in [5, 5.41) is 11.7. The van der Waals surface area contributed by atoms with E-state index in [4.69, 9.17) is 9.47 Å². The first-order valence-corrected chi connectivity index (χ1v) is 10.3. The van der Waals surface area contributed by atoms with Crippen molar-refractivity contribution in [2.75, 3.05) is 33.4 Å². The fraction of sp³-hybridized carbons (Fsp3) is 0.522. The number of ether oxygens (including phenoxy) is 2. The quantitative estimate of drug-likeness (QED) is 0.745. The maximum atomic E-state index is 11.7. The van der Waals surface area contributed by atoms with Crippen LogP contribution in [0.4, 0.5) is 0 Å². The zero-order valence-electron chi connectivity index (χ0n) is 16.6. The summed E-state index contributed by atoms with van der Waals surface area (Å²) in [4.78, 5) is 6.76.